The summed E-state index contributed by atoms with van der Waals surface area (Å²) >= 11 is 6.07. The zero-order valence-electron chi connectivity index (χ0n) is 11.4. The lowest BCUT2D eigenvalue weighted by atomic mass is 10.1. The molecule has 0 aliphatic heterocycles. The van der Waals surface area contributed by atoms with E-state index in [2.05, 4.69) is 22.4 Å². The van der Waals surface area contributed by atoms with Crippen molar-refractivity contribution in [1.82, 2.24) is 10.3 Å². The Kier molecular flexibility index (Phi) is 3.90. The molecule has 104 valence electrons. The van der Waals surface area contributed by atoms with Gasteiger partial charge in [0.25, 0.3) is 0 Å². The number of aromatic nitrogens is 1. The first kappa shape index (κ1) is 13.4. The van der Waals surface area contributed by atoms with Crippen LogP contribution < -0.4 is 10.1 Å². The molecule has 3 rings (SSSR count). The van der Waals surface area contributed by atoms with Gasteiger partial charge in [0.2, 0.25) is 0 Å². The lowest BCUT2D eigenvalue weighted by Crippen LogP contribution is -2.12. The predicted octanol–water partition coefficient (Wildman–Crippen LogP) is 3.52. The Hall–Kier alpha value is -1.58. The zero-order chi connectivity index (χ0) is 13.9. The first-order chi connectivity index (χ1) is 9.78. The van der Waals surface area contributed by atoms with E-state index in [4.69, 9.17) is 16.3 Å². The van der Waals surface area contributed by atoms with Gasteiger partial charge in [-0.2, -0.15) is 0 Å². The lowest BCUT2D eigenvalue weighted by Gasteiger charge is -2.12. The maximum absolute atomic E-state index is 6.07. The Morgan fingerprint density at radius 2 is 2.30 bits per heavy atom. The SMILES string of the molecule is CNC1CCc2cc(OCc3ccncc3Cl)ccc21. The summed E-state index contributed by atoms with van der Waals surface area (Å²) in [7, 11) is 2.01. The normalized spacial score (nSPS) is 17.0. The molecule has 0 spiro atoms. The van der Waals surface area contributed by atoms with Crippen molar-refractivity contribution in [3.8, 4) is 5.75 Å². The Morgan fingerprint density at radius 1 is 1.40 bits per heavy atom. The molecule has 1 atom stereocenters. The highest BCUT2D eigenvalue weighted by atomic mass is 35.5. The van der Waals surface area contributed by atoms with Crippen molar-refractivity contribution in [2.75, 3.05) is 7.05 Å². The van der Waals surface area contributed by atoms with E-state index in [-0.39, 0.29) is 0 Å². The molecular weight excluding hydrogens is 272 g/mol. The Labute approximate surface area is 123 Å². The Balaban J connectivity index is 1.72. The van der Waals surface area contributed by atoms with E-state index in [9.17, 15) is 0 Å². The second-order valence-corrected chi connectivity index (χ2v) is 5.40. The van der Waals surface area contributed by atoms with Crippen LogP contribution in [0.4, 0.5) is 0 Å². The van der Waals surface area contributed by atoms with Crippen LogP contribution in [0.5, 0.6) is 5.75 Å². The minimum Gasteiger partial charge on any atom is -0.489 e. The van der Waals surface area contributed by atoms with Gasteiger partial charge in [-0.05, 0) is 49.2 Å². The number of aryl methyl sites for hydroxylation is 1. The highest BCUT2D eigenvalue weighted by Gasteiger charge is 2.21. The van der Waals surface area contributed by atoms with Crippen molar-refractivity contribution < 1.29 is 4.74 Å². The number of pyridine rings is 1. The molecule has 0 bridgehead atoms. The molecule has 1 heterocycles. The molecule has 1 aliphatic rings. The fourth-order valence-corrected chi connectivity index (χ4v) is 2.84. The zero-order valence-corrected chi connectivity index (χ0v) is 12.2. The number of benzene rings is 1. The molecule has 0 fully saturated rings. The van der Waals surface area contributed by atoms with Crippen LogP contribution in [0.15, 0.2) is 36.7 Å². The van der Waals surface area contributed by atoms with Crippen molar-refractivity contribution in [2.45, 2.75) is 25.5 Å². The standard InChI is InChI=1S/C16H17ClN2O/c1-18-16-5-2-11-8-13(3-4-14(11)16)20-10-12-6-7-19-9-15(12)17/h3-4,6-9,16,18H,2,5,10H2,1H3. The molecule has 1 aliphatic carbocycles. The summed E-state index contributed by atoms with van der Waals surface area (Å²) in [6.07, 6.45) is 5.63. The predicted molar refractivity (Wildman–Crippen MR) is 80.1 cm³/mol. The molecular formula is C16H17ClN2O. The average molecular weight is 289 g/mol. The number of halogens is 1. The van der Waals surface area contributed by atoms with Crippen LogP contribution in [0, 0.1) is 0 Å². The summed E-state index contributed by atoms with van der Waals surface area (Å²) in [6, 6.07) is 8.69. The number of nitrogens with zero attached hydrogens (tertiary/aromatic N) is 1. The summed E-state index contributed by atoms with van der Waals surface area (Å²) in [4.78, 5) is 3.97. The van der Waals surface area contributed by atoms with Gasteiger partial charge >= 0.3 is 0 Å². The highest BCUT2D eigenvalue weighted by Crippen LogP contribution is 2.33. The molecule has 1 N–H and O–H groups in total. The van der Waals surface area contributed by atoms with E-state index < -0.39 is 0 Å². The van der Waals surface area contributed by atoms with Crippen LogP contribution in [0.1, 0.15) is 29.2 Å². The number of hydrogen-bond acceptors (Lipinski definition) is 3. The number of fused-ring (bicyclic) bond motifs is 1. The topological polar surface area (TPSA) is 34.1 Å². The van der Waals surface area contributed by atoms with Gasteiger partial charge in [-0.3, -0.25) is 4.98 Å². The molecule has 0 amide bonds. The number of rotatable bonds is 4. The molecule has 0 saturated carbocycles. The van der Waals surface area contributed by atoms with Crippen molar-refractivity contribution in [1.29, 1.82) is 0 Å². The second-order valence-electron chi connectivity index (χ2n) is 5.00. The molecule has 4 heteroatoms. The maximum atomic E-state index is 6.07. The molecule has 20 heavy (non-hydrogen) atoms. The highest BCUT2D eigenvalue weighted by molar-refractivity contribution is 6.31. The summed E-state index contributed by atoms with van der Waals surface area (Å²) < 4.78 is 5.83. The lowest BCUT2D eigenvalue weighted by molar-refractivity contribution is 0.306. The van der Waals surface area contributed by atoms with Gasteiger partial charge in [0.15, 0.2) is 0 Å². The number of ether oxygens (including phenoxy) is 1. The monoisotopic (exact) mass is 288 g/mol. The van der Waals surface area contributed by atoms with Crippen molar-refractivity contribution in [3.05, 3.63) is 58.4 Å². The Bertz CT molecular complexity index is 615. The smallest absolute Gasteiger partial charge is 0.120 e. The van der Waals surface area contributed by atoms with Crippen LogP contribution in [-0.4, -0.2) is 12.0 Å². The molecule has 1 unspecified atom stereocenters. The third-order valence-electron chi connectivity index (χ3n) is 3.79. The molecule has 0 saturated heterocycles. The van der Waals surface area contributed by atoms with Crippen LogP contribution in [-0.2, 0) is 13.0 Å². The average Bonchev–Trinajstić information content (AvgIpc) is 2.88. The summed E-state index contributed by atoms with van der Waals surface area (Å²) in [5, 5.41) is 3.98. The molecule has 0 radical (unpaired) electrons. The van der Waals surface area contributed by atoms with Gasteiger partial charge in [-0.15, -0.1) is 0 Å². The fourth-order valence-electron chi connectivity index (χ4n) is 2.67. The van der Waals surface area contributed by atoms with E-state index in [1.807, 2.05) is 19.2 Å². The number of nitrogens with one attached hydrogen (secondary N) is 1. The molecule has 1 aromatic carbocycles. The summed E-state index contributed by atoms with van der Waals surface area (Å²) in [5.41, 5.74) is 3.72. The van der Waals surface area contributed by atoms with E-state index in [0.717, 1.165) is 24.2 Å². The van der Waals surface area contributed by atoms with Crippen molar-refractivity contribution >= 4 is 11.6 Å². The largest absolute Gasteiger partial charge is 0.489 e. The van der Waals surface area contributed by atoms with Gasteiger partial charge in [0, 0.05) is 24.0 Å². The minimum atomic E-state index is 0.468. The maximum Gasteiger partial charge on any atom is 0.120 e. The van der Waals surface area contributed by atoms with Gasteiger partial charge in [0.05, 0.1) is 5.02 Å². The summed E-state index contributed by atoms with van der Waals surface area (Å²) in [5.74, 6) is 0.897. The van der Waals surface area contributed by atoms with E-state index in [1.54, 1.807) is 12.4 Å². The fraction of sp³-hybridized carbons (Fsp3) is 0.312. The third kappa shape index (κ3) is 2.65. The molecule has 2 aromatic rings. The molecule has 1 aromatic heterocycles. The van der Waals surface area contributed by atoms with Gasteiger partial charge < -0.3 is 10.1 Å². The van der Waals surface area contributed by atoms with Crippen LogP contribution >= 0.6 is 11.6 Å². The minimum absolute atomic E-state index is 0.468. The molecule has 3 nitrogen and oxygen atoms in total. The number of hydrogen-bond donors (Lipinski definition) is 1. The van der Waals surface area contributed by atoms with E-state index in [0.29, 0.717) is 17.7 Å². The van der Waals surface area contributed by atoms with Crippen LogP contribution in [0.3, 0.4) is 0 Å². The second kappa shape index (κ2) is 5.81. The third-order valence-corrected chi connectivity index (χ3v) is 4.13. The van der Waals surface area contributed by atoms with Crippen molar-refractivity contribution in [2.24, 2.45) is 0 Å². The van der Waals surface area contributed by atoms with E-state index >= 15 is 0 Å². The van der Waals surface area contributed by atoms with Crippen LogP contribution in [0.2, 0.25) is 5.02 Å². The quantitative estimate of drug-likeness (QED) is 0.935. The van der Waals surface area contributed by atoms with Crippen LogP contribution in [0.25, 0.3) is 0 Å². The van der Waals surface area contributed by atoms with Gasteiger partial charge in [-0.25, -0.2) is 0 Å². The van der Waals surface area contributed by atoms with Gasteiger partial charge in [0.1, 0.15) is 12.4 Å². The first-order valence-corrected chi connectivity index (χ1v) is 7.17. The van der Waals surface area contributed by atoms with Gasteiger partial charge in [-0.1, -0.05) is 17.7 Å². The Morgan fingerprint density at radius 3 is 3.10 bits per heavy atom. The van der Waals surface area contributed by atoms with E-state index in [1.165, 1.54) is 11.1 Å². The van der Waals surface area contributed by atoms with Crippen molar-refractivity contribution in [3.63, 3.8) is 0 Å². The first-order valence-electron chi connectivity index (χ1n) is 6.79. The summed E-state index contributed by atoms with van der Waals surface area (Å²) in [6.45, 7) is 0.468.